The van der Waals surface area contributed by atoms with Crippen LogP contribution in [-0.2, 0) is 4.74 Å². The zero-order chi connectivity index (χ0) is 15.7. The molecule has 0 spiro atoms. The Hall–Kier alpha value is -3.08. The molecule has 22 heavy (non-hydrogen) atoms. The first kappa shape index (κ1) is 13.9. The van der Waals surface area contributed by atoms with Gasteiger partial charge in [-0.05, 0) is 19.1 Å². The highest BCUT2D eigenvalue weighted by Gasteiger charge is 2.24. The summed E-state index contributed by atoms with van der Waals surface area (Å²) in [7, 11) is 0. The van der Waals surface area contributed by atoms with Gasteiger partial charge >= 0.3 is 12.1 Å². The van der Waals surface area contributed by atoms with Crippen molar-refractivity contribution >= 4 is 23.0 Å². The number of aryl methyl sites for hydroxylation is 1. The molecule has 0 aliphatic rings. The van der Waals surface area contributed by atoms with Crippen LogP contribution in [-0.4, -0.2) is 12.1 Å². The maximum atomic E-state index is 12.3. The van der Waals surface area contributed by atoms with E-state index >= 15 is 0 Å². The maximum Gasteiger partial charge on any atom is 0.412 e. The number of ether oxygens (including phenoxy) is 1. The number of esters is 1. The molecule has 3 aromatic rings. The molecule has 0 radical (unpaired) electrons. The molecule has 1 heterocycles. The molecular formula is C17H13NO4. The molecule has 0 aliphatic carbocycles. The van der Waals surface area contributed by atoms with Crippen molar-refractivity contribution in [2.45, 2.75) is 6.92 Å². The minimum atomic E-state index is -1.15. The van der Waals surface area contributed by atoms with Crippen molar-refractivity contribution < 1.29 is 18.7 Å². The van der Waals surface area contributed by atoms with Gasteiger partial charge in [-0.15, -0.1) is 0 Å². The SMILES string of the molecule is Cc1ccc2oc(-c3ccccc3)c(C(=O)OC(N)=O)c2c1. The summed E-state index contributed by atoms with van der Waals surface area (Å²) in [5, 5.41) is 0.588. The fraction of sp³-hybridized carbons (Fsp3) is 0.0588. The summed E-state index contributed by atoms with van der Waals surface area (Å²) in [6, 6.07) is 14.6. The molecule has 5 heteroatoms. The van der Waals surface area contributed by atoms with E-state index in [4.69, 9.17) is 10.2 Å². The highest BCUT2D eigenvalue weighted by molar-refractivity contribution is 6.11. The Balaban J connectivity index is 2.27. The molecular weight excluding hydrogens is 282 g/mol. The Morgan fingerprint density at radius 1 is 1.09 bits per heavy atom. The van der Waals surface area contributed by atoms with E-state index in [0.717, 1.165) is 5.56 Å². The molecule has 110 valence electrons. The molecule has 1 amide bonds. The van der Waals surface area contributed by atoms with E-state index in [-0.39, 0.29) is 5.56 Å². The number of carbonyl (C=O) groups is 2. The topological polar surface area (TPSA) is 82.5 Å². The Morgan fingerprint density at radius 3 is 2.50 bits per heavy atom. The average Bonchev–Trinajstić information content (AvgIpc) is 2.86. The minimum absolute atomic E-state index is 0.198. The van der Waals surface area contributed by atoms with Gasteiger partial charge in [-0.3, -0.25) is 0 Å². The molecule has 0 aliphatic heterocycles. The first-order valence-electron chi connectivity index (χ1n) is 6.66. The molecule has 0 unspecified atom stereocenters. The predicted molar refractivity (Wildman–Crippen MR) is 81.4 cm³/mol. The number of rotatable bonds is 2. The van der Waals surface area contributed by atoms with Gasteiger partial charge in [-0.1, -0.05) is 42.0 Å². The van der Waals surface area contributed by atoms with Gasteiger partial charge in [0, 0.05) is 10.9 Å². The van der Waals surface area contributed by atoms with Crippen LogP contribution in [0.3, 0.4) is 0 Å². The van der Waals surface area contributed by atoms with Crippen LogP contribution in [0.5, 0.6) is 0 Å². The van der Waals surface area contributed by atoms with Gasteiger partial charge in [0.25, 0.3) is 0 Å². The number of primary amides is 1. The molecule has 2 aromatic carbocycles. The summed E-state index contributed by atoms with van der Waals surface area (Å²) in [6.45, 7) is 1.90. The third-order valence-corrected chi connectivity index (χ3v) is 3.28. The van der Waals surface area contributed by atoms with Crippen molar-refractivity contribution in [3.8, 4) is 11.3 Å². The van der Waals surface area contributed by atoms with Crippen LogP contribution in [0.1, 0.15) is 15.9 Å². The molecule has 1 aromatic heterocycles. The van der Waals surface area contributed by atoms with Crippen molar-refractivity contribution in [2.24, 2.45) is 5.73 Å². The van der Waals surface area contributed by atoms with Crippen LogP contribution in [0, 0.1) is 6.92 Å². The number of fused-ring (bicyclic) bond motifs is 1. The number of nitrogens with two attached hydrogens (primary N) is 1. The average molecular weight is 295 g/mol. The highest BCUT2D eigenvalue weighted by Crippen LogP contribution is 2.34. The third-order valence-electron chi connectivity index (χ3n) is 3.28. The zero-order valence-corrected chi connectivity index (χ0v) is 11.8. The van der Waals surface area contributed by atoms with Crippen LogP contribution < -0.4 is 5.73 Å². The molecule has 5 nitrogen and oxygen atoms in total. The highest BCUT2D eigenvalue weighted by atomic mass is 16.6. The Labute approximate surface area is 126 Å². The summed E-state index contributed by atoms with van der Waals surface area (Å²) < 4.78 is 10.3. The number of hydrogen-bond acceptors (Lipinski definition) is 4. The predicted octanol–water partition coefficient (Wildman–Crippen LogP) is 3.64. The van der Waals surface area contributed by atoms with E-state index in [1.807, 2.05) is 49.4 Å². The van der Waals surface area contributed by atoms with E-state index in [0.29, 0.717) is 22.3 Å². The summed E-state index contributed by atoms with van der Waals surface area (Å²) >= 11 is 0. The molecule has 0 saturated carbocycles. The Bertz CT molecular complexity index is 865. The molecule has 0 saturated heterocycles. The van der Waals surface area contributed by atoms with E-state index in [9.17, 15) is 9.59 Å². The van der Waals surface area contributed by atoms with Gasteiger partial charge in [0.1, 0.15) is 16.9 Å². The lowest BCUT2D eigenvalue weighted by molar-refractivity contribution is 0.0640. The van der Waals surface area contributed by atoms with Gasteiger partial charge in [0.05, 0.1) is 0 Å². The number of furan rings is 1. The van der Waals surface area contributed by atoms with E-state index < -0.39 is 12.1 Å². The Morgan fingerprint density at radius 2 is 1.82 bits per heavy atom. The zero-order valence-electron chi connectivity index (χ0n) is 11.8. The first-order valence-corrected chi connectivity index (χ1v) is 6.66. The third kappa shape index (κ3) is 2.44. The second-order valence-electron chi connectivity index (χ2n) is 4.88. The summed E-state index contributed by atoms with van der Waals surface area (Å²) in [5.74, 6) is -0.469. The summed E-state index contributed by atoms with van der Waals surface area (Å²) in [4.78, 5) is 23.2. The minimum Gasteiger partial charge on any atom is -0.455 e. The largest absolute Gasteiger partial charge is 0.455 e. The molecule has 0 atom stereocenters. The lowest BCUT2D eigenvalue weighted by atomic mass is 10.0. The van der Waals surface area contributed by atoms with Crippen LogP contribution >= 0.6 is 0 Å². The van der Waals surface area contributed by atoms with Crippen molar-refractivity contribution in [3.05, 3.63) is 59.7 Å². The van der Waals surface area contributed by atoms with E-state index in [1.54, 1.807) is 6.07 Å². The quantitative estimate of drug-likeness (QED) is 0.578. The molecule has 3 rings (SSSR count). The normalized spacial score (nSPS) is 10.6. The van der Waals surface area contributed by atoms with Gasteiger partial charge in [0.2, 0.25) is 0 Å². The van der Waals surface area contributed by atoms with Gasteiger partial charge in [-0.2, -0.15) is 0 Å². The fourth-order valence-corrected chi connectivity index (χ4v) is 2.35. The fourth-order valence-electron chi connectivity index (χ4n) is 2.35. The van der Waals surface area contributed by atoms with Gasteiger partial charge in [0.15, 0.2) is 0 Å². The van der Waals surface area contributed by atoms with Crippen LogP contribution in [0.25, 0.3) is 22.3 Å². The van der Waals surface area contributed by atoms with Gasteiger partial charge in [-0.25, -0.2) is 9.59 Å². The number of carbonyl (C=O) groups excluding carboxylic acids is 2. The molecule has 0 bridgehead atoms. The standard InChI is InChI=1S/C17H13NO4/c1-10-7-8-13-12(9-10)14(16(19)22-17(18)20)15(21-13)11-5-3-2-4-6-11/h2-9H,1H3,(H2,18,20). The molecule has 0 fully saturated rings. The van der Waals surface area contributed by atoms with Crippen LogP contribution in [0.15, 0.2) is 52.9 Å². The summed E-state index contributed by atoms with van der Waals surface area (Å²) in [5.41, 5.74) is 7.36. The van der Waals surface area contributed by atoms with Crippen molar-refractivity contribution in [2.75, 3.05) is 0 Å². The van der Waals surface area contributed by atoms with E-state index in [2.05, 4.69) is 4.74 Å². The van der Waals surface area contributed by atoms with Crippen molar-refractivity contribution in [1.29, 1.82) is 0 Å². The van der Waals surface area contributed by atoms with Crippen LogP contribution in [0.4, 0.5) is 4.79 Å². The van der Waals surface area contributed by atoms with E-state index in [1.165, 1.54) is 0 Å². The lowest BCUT2D eigenvalue weighted by Crippen LogP contribution is -2.18. The lowest BCUT2D eigenvalue weighted by Gasteiger charge is -2.02. The Kier molecular flexibility index (Phi) is 3.39. The van der Waals surface area contributed by atoms with Crippen LogP contribution in [0.2, 0.25) is 0 Å². The number of benzene rings is 2. The molecule has 2 N–H and O–H groups in total. The van der Waals surface area contributed by atoms with Crippen molar-refractivity contribution in [3.63, 3.8) is 0 Å². The van der Waals surface area contributed by atoms with Crippen molar-refractivity contribution in [1.82, 2.24) is 0 Å². The second kappa shape index (κ2) is 5.37. The monoisotopic (exact) mass is 295 g/mol. The van der Waals surface area contributed by atoms with Gasteiger partial charge < -0.3 is 14.9 Å². The second-order valence-corrected chi connectivity index (χ2v) is 4.88. The number of amides is 1. The summed E-state index contributed by atoms with van der Waals surface area (Å²) in [6.07, 6.45) is -1.15. The number of hydrogen-bond donors (Lipinski definition) is 1. The first-order chi connectivity index (χ1) is 10.6. The smallest absolute Gasteiger partial charge is 0.412 e. The maximum absolute atomic E-state index is 12.3.